The Kier molecular flexibility index (Phi) is 8.75. The molecule has 0 aromatic heterocycles. The second-order valence-corrected chi connectivity index (χ2v) is 8.03. The maximum atomic E-state index is 12.4. The predicted octanol–water partition coefficient (Wildman–Crippen LogP) is 3.19. The molecule has 1 rings (SSSR count). The lowest BCUT2D eigenvalue weighted by molar-refractivity contribution is -0.126. The molecule has 0 saturated heterocycles. The molecule has 1 aromatic carbocycles. The lowest BCUT2D eigenvalue weighted by Gasteiger charge is -2.25. The standard InChI is InChI=1S/C19H28BrN3O4/c1-12(2)16(23-18(26)27-19(3,4)5)17(25)21-11-15(24)22-14-8-6-13(10-20)7-9-14/h6-9,12,16H,10-11H2,1-5H3,(H,21,25)(H,22,24)(H,23,26). The summed E-state index contributed by atoms with van der Waals surface area (Å²) in [4.78, 5) is 36.3. The Morgan fingerprint density at radius 2 is 1.70 bits per heavy atom. The zero-order valence-electron chi connectivity index (χ0n) is 16.4. The first-order valence-electron chi connectivity index (χ1n) is 8.74. The van der Waals surface area contributed by atoms with E-state index in [9.17, 15) is 14.4 Å². The molecule has 0 spiro atoms. The SMILES string of the molecule is CC(C)C(NC(=O)OC(C)(C)C)C(=O)NCC(=O)Nc1ccc(CBr)cc1. The molecule has 1 aromatic rings. The first kappa shape index (κ1) is 23.0. The van der Waals surface area contributed by atoms with E-state index in [2.05, 4.69) is 31.9 Å². The van der Waals surface area contributed by atoms with Crippen LogP contribution in [-0.4, -0.2) is 36.1 Å². The van der Waals surface area contributed by atoms with Crippen molar-refractivity contribution in [3.63, 3.8) is 0 Å². The fourth-order valence-electron chi connectivity index (χ4n) is 2.13. The van der Waals surface area contributed by atoms with Crippen LogP contribution < -0.4 is 16.0 Å². The van der Waals surface area contributed by atoms with Crippen molar-refractivity contribution in [2.24, 2.45) is 5.92 Å². The van der Waals surface area contributed by atoms with Gasteiger partial charge >= 0.3 is 6.09 Å². The number of anilines is 1. The van der Waals surface area contributed by atoms with Crippen molar-refractivity contribution in [1.82, 2.24) is 10.6 Å². The Morgan fingerprint density at radius 3 is 2.19 bits per heavy atom. The fourth-order valence-corrected chi connectivity index (χ4v) is 2.50. The van der Waals surface area contributed by atoms with E-state index < -0.39 is 23.6 Å². The summed E-state index contributed by atoms with van der Waals surface area (Å²) in [6.45, 7) is 8.63. The highest BCUT2D eigenvalue weighted by Crippen LogP contribution is 2.12. The number of rotatable bonds is 7. The third kappa shape index (κ3) is 8.90. The van der Waals surface area contributed by atoms with Crippen LogP contribution in [0.4, 0.5) is 10.5 Å². The number of carbonyl (C=O) groups excluding carboxylic acids is 3. The lowest BCUT2D eigenvalue weighted by atomic mass is 10.0. The number of carbonyl (C=O) groups is 3. The average Bonchev–Trinajstić information content (AvgIpc) is 2.56. The molecule has 0 aliphatic rings. The predicted molar refractivity (Wildman–Crippen MR) is 109 cm³/mol. The number of benzene rings is 1. The Bertz CT molecular complexity index is 654. The first-order chi connectivity index (χ1) is 12.5. The minimum absolute atomic E-state index is 0.169. The van der Waals surface area contributed by atoms with Crippen LogP contribution in [0.15, 0.2) is 24.3 Å². The summed E-state index contributed by atoms with van der Waals surface area (Å²) in [6, 6.07) is 6.56. The second-order valence-electron chi connectivity index (χ2n) is 7.46. The molecule has 8 heteroatoms. The monoisotopic (exact) mass is 441 g/mol. The van der Waals surface area contributed by atoms with Crippen LogP contribution in [0.5, 0.6) is 0 Å². The van der Waals surface area contributed by atoms with Gasteiger partial charge in [0.2, 0.25) is 11.8 Å². The topological polar surface area (TPSA) is 96.5 Å². The molecule has 3 N–H and O–H groups in total. The minimum atomic E-state index is -0.800. The van der Waals surface area contributed by atoms with Gasteiger partial charge in [-0.3, -0.25) is 9.59 Å². The average molecular weight is 442 g/mol. The van der Waals surface area contributed by atoms with Gasteiger partial charge in [-0.15, -0.1) is 0 Å². The van der Waals surface area contributed by atoms with Gasteiger partial charge in [-0.2, -0.15) is 0 Å². The summed E-state index contributed by atoms with van der Waals surface area (Å²) in [5.74, 6) is -0.965. The minimum Gasteiger partial charge on any atom is -0.444 e. The van der Waals surface area contributed by atoms with Crippen molar-refractivity contribution in [1.29, 1.82) is 0 Å². The molecule has 27 heavy (non-hydrogen) atoms. The summed E-state index contributed by atoms with van der Waals surface area (Å²) in [5, 5.41) is 8.54. The van der Waals surface area contributed by atoms with Crippen molar-refractivity contribution in [3.8, 4) is 0 Å². The molecule has 7 nitrogen and oxygen atoms in total. The van der Waals surface area contributed by atoms with Crippen LogP contribution in [0.2, 0.25) is 0 Å². The number of halogens is 1. The van der Waals surface area contributed by atoms with Gasteiger partial charge in [0.15, 0.2) is 0 Å². The lowest BCUT2D eigenvalue weighted by Crippen LogP contribution is -2.52. The highest BCUT2D eigenvalue weighted by Gasteiger charge is 2.27. The number of hydrogen-bond donors (Lipinski definition) is 3. The summed E-state index contributed by atoms with van der Waals surface area (Å²) in [7, 11) is 0. The Hall–Kier alpha value is -2.09. The van der Waals surface area contributed by atoms with E-state index in [-0.39, 0.29) is 18.4 Å². The van der Waals surface area contributed by atoms with E-state index in [1.54, 1.807) is 46.8 Å². The van der Waals surface area contributed by atoms with E-state index in [0.29, 0.717) is 5.69 Å². The molecule has 3 amide bonds. The molecule has 150 valence electrons. The van der Waals surface area contributed by atoms with Gasteiger partial charge in [-0.05, 0) is 44.4 Å². The number of ether oxygens (including phenoxy) is 1. The van der Waals surface area contributed by atoms with Gasteiger partial charge in [0, 0.05) is 11.0 Å². The zero-order chi connectivity index (χ0) is 20.6. The van der Waals surface area contributed by atoms with Gasteiger partial charge in [0.1, 0.15) is 11.6 Å². The van der Waals surface area contributed by atoms with Crippen molar-refractivity contribution in [2.75, 3.05) is 11.9 Å². The first-order valence-corrected chi connectivity index (χ1v) is 9.86. The largest absolute Gasteiger partial charge is 0.444 e. The fraction of sp³-hybridized carbons (Fsp3) is 0.526. The van der Waals surface area contributed by atoms with Gasteiger partial charge in [0.05, 0.1) is 6.54 Å². The van der Waals surface area contributed by atoms with Crippen molar-refractivity contribution < 1.29 is 19.1 Å². The molecular weight excluding hydrogens is 414 g/mol. The van der Waals surface area contributed by atoms with Crippen LogP contribution in [0.1, 0.15) is 40.2 Å². The molecule has 0 aliphatic heterocycles. The van der Waals surface area contributed by atoms with Crippen LogP contribution in [-0.2, 0) is 19.7 Å². The third-order valence-electron chi connectivity index (χ3n) is 3.44. The van der Waals surface area contributed by atoms with Crippen LogP contribution in [0, 0.1) is 5.92 Å². The zero-order valence-corrected chi connectivity index (χ0v) is 18.0. The van der Waals surface area contributed by atoms with E-state index in [0.717, 1.165) is 10.9 Å². The summed E-state index contributed by atoms with van der Waals surface area (Å²) < 4.78 is 5.18. The van der Waals surface area contributed by atoms with Gasteiger partial charge < -0.3 is 20.7 Å². The Morgan fingerprint density at radius 1 is 1.11 bits per heavy atom. The molecular formula is C19H28BrN3O4. The normalized spacial score (nSPS) is 12.3. The molecule has 0 saturated carbocycles. The summed E-state index contributed by atoms with van der Waals surface area (Å²) in [6.07, 6.45) is -0.673. The molecule has 0 heterocycles. The second kappa shape index (κ2) is 10.3. The van der Waals surface area contributed by atoms with Crippen LogP contribution in [0.25, 0.3) is 0 Å². The van der Waals surface area contributed by atoms with Gasteiger partial charge in [0.25, 0.3) is 0 Å². The molecule has 1 atom stereocenters. The van der Waals surface area contributed by atoms with E-state index in [1.165, 1.54) is 0 Å². The number of alkyl halides is 1. The van der Waals surface area contributed by atoms with E-state index in [1.807, 2.05) is 12.1 Å². The molecule has 0 bridgehead atoms. The Balaban J connectivity index is 2.55. The molecule has 0 radical (unpaired) electrons. The maximum Gasteiger partial charge on any atom is 0.408 e. The van der Waals surface area contributed by atoms with Crippen LogP contribution >= 0.6 is 15.9 Å². The Labute approximate surface area is 168 Å². The smallest absolute Gasteiger partial charge is 0.408 e. The molecule has 0 fully saturated rings. The maximum absolute atomic E-state index is 12.4. The molecule has 0 aliphatic carbocycles. The summed E-state index contributed by atoms with van der Waals surface area (Å²) in [5.41, 5.74) is 1.08. The van der Waals surface area contributed by atoms with Gasteiger partial charge in [-0.1, -0.05) is 41.9 Å². The van der Waals surface area contributed by atoms with Crippen molar-refractivity contribution >= 4 is 39.5 Å². The highest BCUT2D eigenvalue weighted by molar-refractivity contribution is 9.08. The van der Waals surface area contributed by atoms with Crippen molar-refractivity contribution in [2.45, 2.75) is 51.6 Å². The van der Waals surface area contributed by atoms with Crippen LogP contribution in [0.3, 0.4) is 0 Å². The quantitative estimate of drug-likeness (QED) is 0.565. The number of hydrogen-bond acceptors (Lipinski definition) is 4. The molecule has 1 unspecified atom stereocenters. The highest BCUT2D eigenvalue weighted by atomic mass is 79.9. The number of alkyl carbamates (subject to hydrolysis) is 1. The van der Waals surface area contributed by atoms with Gasteiger partial charge in [-0.25, -0.2) is 4.79 Å². The number of nitrogens with one attached hydrogen (secondary N) is 3. The van der Waals surface area contributed by atoms with E-state index >= 15 is 0 Å². The van der Waals surface area contributed by atoms with E-state index in [4.69, 9.17) is 4.74 Å². The third-order valence-corrected chi connectivity index (χ3v) is 4.08. The number of amides is 3. The summed E-state index contributed by atoms with van der Waals surface area (Å²) >= 11 is 3.36. The van der Waals surface area contributed by atoms with Crippen molar-refractivity contribution in [3.05, 3.63) is 29.8 Å².